The predicted molar refractivity (Wildman–Crippen MR) is 101 cm³/mol. The average Bonchev–Trinajstić information content (AvgIpc) is 2.54. The van der Waals surface area contributed by atoms with Crippen LogP contribution >= 0.6 is 11.6 Å². The highest BCUT2D eigenvalue weighted by Gasteiger charge is 2.28. The van der Waals surface area contributed by atoms with E-state index < -0.39 is 23.6 Å². The number of carbonyl (C=O) groups is 3. The Morgan fingerprint density at radius 3 is 2.67 bits per heavy atom. The van der Waals surface area contributed by atoms with Crippen LogP contribution in [-0.4, -0.2) is 59.3 Å². The van der Waals surface area contributed by atoms with Crippen LogP contribution in [0.4, 0.5) is 10.5 Å². The second-order valence-corrected chi connectivity index (χ2v) is 7.77. The zero-order chi connectivity index (χ0) is 20.2. The highest BCUT2D eigenvalue weighted by atomic mass is 35.5. The van der Waals surface area contributed by atoms with E-state index in [1.807, 2.05) is 20.8 Å². The molecule has 3 N–H and O–H groups in total. The van der Waals surface area contributed by atoms with Crippen LogP contribution in [0.5, 0.6) is 0 Å². The van der Waals surface area contributed by atoms with Gasteiger partial charge >= 0.3 is 12.0 Å². The fourth-order valence-corrected chi connectivity index (χ4v) is 2.86. The summed E-state index contributed by atoms with van der Waals surface area (Å²) >= 11 is 6.17. The molecule has 1 aliphatic rings. The number of carboxylic acid groups (broad SMARTS) is 1. The molecule has 148 valence electrons. The van der Waals surface area contributed by atoms with Crippen molar-refractivity contribution in [3.63, 3.8) is 0 Å². The number of nitrogens with one attached hydrogen (secondary N) is 2. The van der Waals surface area contributed by atoms with Crippen LogP contribution in [0.2, 0.25) is 5.02 Å². The van der Waals surface area contributed by atoms with Crippen LogP contribution in [0.1, 0.15) is 37.6 Å². The van der Waals surface area contributed by atoms with Crippen molar-refractivity contribution in [2.24, 2.45) is 0 Å². The van der Waals surface area contributed by atoms with Crippen LogP contribution in [-0.2, 0) is 9.53 Å². The van der Waals surface area contributed by atoms with Crippen LogP contribution in [0.3, 0.4) is 0 Å². The monoisotopic (exact) mass is 397 g/mol. The smallest absolute Gasteiger partial charge is 0.319 e. The maximum Gasteiger partial charge on any atom is 0.319 e. The number of aliphatic carboxylic acids is 1. The van der Waals surface area contributed by atoms with E-state index in [1.54, 1.807) is 6.07 Å². The molecule has 2 rings (SSSR count). The molecule has 1 heterocycles. The summed E-state index contributed by atoms with van der Waals surface area (Å²) in [7, 11) is 0. The van der Waals surface area contributed by atoms with Gasteiger partial charge in [-0.3, -0.25) is 9.59 Å². The van der Waals surface area contributed by atoms with E-state index in [4.69, 9.17) is 21.4 Å². The first-order valence-corrected chi connectivity index (χ1v) is 8.94. The van der Waals surface area contributed by atoms with Gasteiger partial charge in [0.15, 0.2) is 0 Å². The van der Waals surface area contributed by atoms with Crippen molar-refractivity contribution >= 4 is 35.2 Å². The Balaban J connectivity index is 2.11. The lowest BCUT2D eigenvalue weighted by atomic mass is 10.1. The zero-order valence-corrected chi connectivity index (χ0v) is 16.3. The molecule has 9 heteroatoms. The van der Waals surface area contributed by atoms with Crippen LogP contribution in [0.15, 0.2) is 18.2 Å². The van der Waals surface area contributed by atoms with E-state index in [0.717, 1.165) is 0 Å². The number of amides is 3. The molecular formula is C18H24ClN3O5. The second-order valence-electron chi connectivity index (χ2n) is 7.37. The van der Waals surface area contributed by atoms with Gasteiger partial charge in [-0.1, -0.05) is 11.6 Å². The number of carbonyl (C=O) groups excluding carboxylic acids is 2. The van der Waals surface area contributed by atoms with Crippen molar-refractivity contribution in [2.75, 3.05) is 25.0 Å². The summed E-state index contributed by atoms with van der Waals surface area (Å²) in [6.07, 6.45) is -0.732. The van der Waals surface area contributed by atoms with Gasteiger partial charge in [0.2, 0.25) is 0 Å². The number of morpholine rings is 1. The fraction of sp³-hybridized carbons (Fsp3) is 0.500. The molecule has 8 nitrogen and oxygen atoms in total. The molecule has 0 aliphatic carbocycles. The Bertz CT molecular complexity index is 732. The molecule has 1 atom stereocenters. The van der Waals surface area contributed by atoms with Gasteiger partial charge in [-0.25, -0.2) is 4.79 Å². The third-order valence-corrected chi connectivity index (χ3v) is 4.10. The summed E-state index contributed by atoms with van der Waals surface area (Å²) in [5, 5.41) is 14.6. The summed E-state index contributed by atoms with van der Waals surface area (Å²) in [6, 6.07) is 4.26. The first kappa shape index (κ1) is 21.0. The summed E-state index contributed by atoms with van der Waals surface area (Å²) in [5.41, 5.74) is 0.267. The van der Waals surface area contributed by atoms with E-state index in [1.165, 1.54) is 17.0 Å². The minimum Gasteiger partial charge on any atom is -0.481 e. The summed E-state index contributed by atoms with van der Waals surface area (Å²) < 4.78 is 5.39. The van der Waals surface area contributed by atoms with Crippen LogP contribution in [0.25, 0.3) is 0 Å². The molecular weight excluding hydrogens is 374 g/mol. The second kappa shape index (κ2) is 8.58. The number of hydrogen-bond donors (Lipinski definition) is 3. The summed E-state index contributed by atoms with van der Waals surface area (Å²) in [4.78, 5) is 37.2. The summed E-state index contributed by atoms with van der Waals surface area (Å²) in [5.74, 6) is -1.32. The minimum absolute atomic E-state index is 0.170. The highest BCUT2D eigenvalue weighted by molar-refractivity contribution is 6.34. The number of anilines is 1. The minimum atomic E-state index is -0.983. The Hall–Kier alpha value is -2.32. The van der Waals surface area contributed by atoms with Gasteiger partial charge in [-0.2, -0.15) is 0 Å². The molecule has 0 radical (unpaired) electrons. The molecule has 0 spiro atoms. The van der Waals surface area contributed by atoms with E-state index >= 15 is 0 Å². The number of ether oxygens (including phenoxy) is 1. The third-order valence-electron chi connectivity index (χ3n) is 3.77. The van der Waals surface area contributed by atoms with Gasteiger partial charge in [-0.05, 0) is 39.0 Å². The van der Waals surface area contributed by atoms with Gasteiger partial charge in [0.1, 0.15) is 0 Å². The molecule has 1 aromatic carbocycles. The number of carboxylic acids is 1. The SMILES string of the molecule is CC(C)(C)NC(=O)Nc1ccc(Cl)c(C(=O)N2CCOC(CC(=O)O)C2)c1. The first-order valence-electron chi connectivity index (χ1n) is 8.56. The van der Waals surface area contributed by atoms with Crippen molar-refractivity contribution in [2.45, 2.75) is 38.8 Å². The van der Waals surface area contributed by atoms with Crippen molar-refractivity contribution in [1.29, 1.82) is 0 Å². The lowest BCUT2D eigenvalue weighted by Crippen LogP contribution is -2.46. The molecule has 0 saturated carbocycles. The van der Waals surface area contributed by atoms with Crippen LogP contribution < -0.4 is 10.6 Å². The van der Waals surface area contributed by atoms with Gasteiger partial charge in [-0.15, -0.1) is 0 Å². The van der Waals surface area contributed by atoms with Gasteiger partial charge < -0.3 is 25.4 Å². The zero-order valence-electron chi connectivity index (χ0n) is 15.5. The summed E-state index contributed by atoms with van der Waals surface area (Å²) in [6.45, 7) is 6.34. The van der Waals surface area contributed by atoms with E-state index in [-0.39, 0.29) is 36.1 Å². The Labute approximate surface area is 162 Å². The largest absolute Gasteiger partial charge is 0.481 e. The predicted octanol–water partition coefficient (Wildman–Crippen LogP) is 2.58. The van der Waals surface area contributed by atoms with Crippen molar-refractivity contribution in [1.82, 2.24) is 10.2 Å². The van der Waals surface area contributed by atoms with Crippen molar-refractivity contribution < 1.29 is 24.2 Å². The normalized spacial score (nSPS) is 17.3. The number of benzene rings is 1. The lowest BCUT2D eigenvalue weighted by molar-refractivity contribution is -0.141. The van der Waals surface area contributed by atoms with Gasteiger partial charge in [0, 0.05) is 24.3 Å². The molecule has 1 aromatic rings. The van der Waals surface area contributed by atoms with Gasteiger partial charge in [0.25, 0.3) is 5.91 Å². The molecule has 27 heavy (non-hydrogen) atoms. The molecule has 0 bridgehead atoms. The van der Waals surface area contributed by atoms with Crippen molar-refractivity contribution in [3.05, 3.63) is 28.8 Å². The molecule has 0 aromatic heterocycles. The fourth-order valence-electron chi connectivity index (χ4n) is 2.66. The van der Waals surface area contributed by atoms with Crippen LogP contribution in [0, 0.1) is 0 Å². The Morgan fingerprint density at radius 2 is 2.04 bits per heavy atom. The third kappa shape index (κ3) is 6.41. The maximum absolute atomic E-state index is 12.8. The van der Waals surface area contributed by atoms with E-state index in [9.17, 15) is 14.4 Å². The molecule has 1 fully saturated rings. The molecule has 1 unspecified atom stereocenters. The first-order chi connectivity index (χ1) is 12.5. The van der Waals surface area contributed by atoms with Gasteiger partial charge in [0.05, 0.1) is 29.7 Å². The van der Waals surface area contributed by atoms with Crippen molar-refractivity contribution in [3.8, 4) is 0 Å². The number of rotatable bonds is 4. The molecule has 1 saturated heterocycles. The standard InChI is InChI=1S/C18H24ClN3O5/c1-18(2,3)21-17(26)20-11-4-5-14(19)13(8-11)16(25)22-6-7-27-12(10-22)9-15(23)24/h4-5,8,12H,6-7,9-10H2,1-3H3,(H,23,24)(H2,20,21,26). The quantitative estimate of drug-likeness (QED) is 0.723. The Morgan fingerprint density at radius 1 is 1.33 bits per heavy atom. The van der Waals surface area contributed by atoms with E-state index in [0.29, 0.717) is 12.2 Å². The average molecular weight is 398 g/mol. The number of nitrogens with zero attached hydrogens (tertiary/aromatic N) is 1. The number of hydrogen-bond acceptors (Lipinski definition) is 4. The highest BCUT2D eigenvalue weighted by Crippen LogP contribution is 2.23. The van der Waals surface area contributed by atoms with E-state index in [2.05, 4.69) is 10.6 Å². The molecule has 3 amide bonds. The molecule has 1 aliphatic heterocycles. The Kier molecular flexibility index (Phi) is 6.67. The lowest BCUT2D eigenvalue weighted by Gasteiger charge is -2.32. The maximum atomic E-state index is 12.8. The number of halogens is 1. The number of urea groups is 1. The topological polar surface area (TPSA) is 108 Å².